The first-order valence-electron chi connectivity index (χ1n) is 3.02. The average Bonchev–Trinajstić information content (AvgIpc) is 1.84. The Balaban J connectivity index is 4.06. The van der Waals surface area contributed by atoms with Gasteiger partial charge in [-0.3, -0.25) is 4.79 Å². The summed E-state index contributed by atoms with van der Waals surface area (Å²) >= 11 is 0. The minimum absolute atomic E-state index is 0.0600. The Morgan fingerprint density at radius 2 is 2.00 bits per heavy atom. The summed E-state index contributed by atoms with van der Waals surface area (Å²) in [5.74, 6) is 0.183. The van der Waals surface area contributed by atoms with Gasteiger partial charge in [0.1, 0.15) is 0 Å². The highest BCUT2D eigenvalue weighted by Gasteiger charge is 2.07. The monoisotopic (exact) mass is 127 g/mol. The third-order valence-corrected chi connectivity index (χ3v) is 1.16. The standard InChI is InChI=1S/C7H13NO/c1-5(2)7(9)6(3)4-8/h4-5H,8H2,1-3H3/b6-4-. The molecule has 0 rings (SSSR count). The minimum Gasteiger partial charge on any atom is -0.404 e. The highest BCUT2D eigenvalue weighted by Crippen LogP contribution is 2.02. The topological polar surface area (TPSA) is 43.1 Å². The lowest BCUT2D eigenvalue weighted by molar-refractivity contribution is -0.118. The van der Waals surface area contributed by atoms with Crippen LogP contribution >= 0.6 is 0 Å². The smallest absolute Gasteiger partial charge is 0.162 e. The molecule has 0 bridgehead atoms. The fourth-order valence-electron chi connectivity index (χ4n) is 0.537. The van der Waals surface area contributed by atoms with Gasteiger partial charge in [-0.15, -0.1) is 0 Å². The Bertz CT molecular complexity index is 136. The summed E-state index contributed by atoms with van der Waals surface area (Å²) in [5, 5.41) is 0. The molecule has 2 N–H and O–H groups in total. The number of hydrogen-bond acceptors (Lipinski definition) is 2. The van der Waals surface area contributed by atoms with Crippen molar-refractivity contribution in [3.63, 3.8) is 0 Å². The predicted molar refractivity (Wildman–Crippen MR) is 37.8 cm³/mol. The molecule has 9 heavy (non-hydrogen) atoms. The molecule has 0 saturated carbocycles. The fourth-order valence-corrected chi connectivity index (χ4v) is 0.537. The Labute approximate surface area is 55.7 Å². The zero-order chi connectivity index (χ0) is 7.44. The van der Waals surface area contributed by atoms with E-state index in [1.165, 1.54) is 6.20 Å². The van der Waals surface area contributed by atoms with Crippen molar-refractivity contribution < 1.29 is 4.79 Å². The highest BCUT2D eigenvalue weighted by molar-refractivity contribution is 5.95. The van der Waals surface area contributed by atoms with Gasteiger partial charge in [-0.1, -0.05) is 13.8 Å². The molecule has 0 heterocycles. The Morgan fingerprint density at radius 3 is 2.11 bits per heavy atom. The third kappa shape index (κ3) is 2.31. The van der Waals surface area contributed by atoms with Gasteiger partial charge in [-0.25, -0.2) is 0 Å². The molecule has 52 valence electrons. The van der Waals surface area contributed by atoms with Crippen molar-refractivity contribution in [2.45, 2.75) is 20.8 Å². The second-order valence-corrected chi connectivity index (χ2v) is 2.37. The second kappa shape index (κ2) is 3.28. The molecule has 0 aliphatic heterocycles. The molecule has 2 nitrogen and oxygen atoms in total. The largest absolute Gasteiger partial charge is 0.404 e. The molecule has 0 unspecified atom stereocenters. The summed E-state index contributed by atoms with van der Waals surface area (Å²) in [4.78, 5) is 10.9. The maximum Gasteiger partial charge on any atom is 0.162 e. The van der Waals surface area contributed by atoms with E-state index in [4.69, 9.17) is 5.73 Å². The first kappa shape index (κ1) is 8.21. The van der Waals surface area contributed by atoms with Gasteiger partial charge in [0.2, 0.25) is 0 Å². The highest BCUT2D eigenvalue weighted by atomic mass is 16.1. The van der Waals surface area contributed by atoms with E-state index in [2.05, 4.69) is 0 Å². The van der Waals surface area contributed by atoms with E-state index in [1.807, 2.05) is 13.8 Å². The SMILES string of the molecule is C/C(=C/N)C(=O)C(C)C. The van der Waals surface area contributed by atoms with Crippen LogP contribution in [0.1, 0.15) is 20.8 Å². The zero-order valence-corrected chi connectivity index (χ0v) is 6.14. The van der Waals surface area contributed by atoms with Crippen LogP contribution in [0.4, 0.5) is 0 Å². The van der Waals surface area contributed by atoms with Crippen LogP contribution in [0.15, 0.2) is 11.8 Å². The first-order chi connectivity index (χ1) is 4.09. The van der Waals surface area contributed by atoms with E-state index < -0.39 is 0 Å². The molecule has 0 spiro atoms. The number of carbonyl (C=O) groups is 1. The number of rotatable bonds is 2. The summed E-state index contributed by atoms with van der Waals surface area (Å²) in [7, 11) is 0. The van der Waals surface area contributed by atoms with Crippen LogP contribution in [0.3, 0.4) is 0 Å². The van der Waals surface area contributed by atoms with Gasteiger partial charge in [0.05, 0.1) is 0 Å². The van der Waals surface area contributed by atoms with Gasteiger partial charge in [-0.2, -0.15) is 0 Å². The van der Waals surface area contributed by atoms with E-state index >= 15 is 0 Å². The normalized spacial score (nSPS) is 12.2. The molecular weight excluding hydrogens is 114 g/mol. The lowest BCUT2D eigenvalue weighted by Crippen LogP contribution is -2.09. The quantitative estimate of drug-likeness (QED) is 0.564. The van der Waals surface area contributed by atoms with Crippen LogP contribution in [-0.2, 0) is 4.79 Å². The van der Waals surface area contributed by atoms with Crippen LogP contribution < -0.4 is 5.73 Å². The second-order valence-electron chi connectivity index (χ2n) is 2.37. The molecule has 0 aromatic rings. The molecule has 0 amide bonds. The van der Waals surface area contributed by atoms with Crippen LogP contribution in [0.25, 0.3) is 0 Å². The molecule has 0 aromatic heterocycles. The maximum absolute atomic E-state index is 10.9. The first-order valence-corrected chi connectivity index (χ1v) is 3.02. The van der Waals surface area contributed by atoms with Crippen LogP contribution in [0.5, 0.6) is 0 Å². The van der Waals surface area contributed by atoms with Crippen molar-refractivity contribution in [1.82, 2.24) is 0 Å². The van der Waals surface area contributed by atoms with Gasteiger partial charge in [-0.05, 0) is 6.92 Å². The number of carbonyl (C=O) groups excluding carboxylic acids is 1. The Morgan fingerprint density at radius 1 is 1.56 bits per heavy atom. The van der Waals surface area contributed by atoms with Crippen LogP contribution in [0, 0.1) is 5.92 Å². The summed E-state index contributed by atoms with van der Waals surface area (Å²) < 4.78 is 0. The fraction of sp³-hybridized carbons (Fsp3) is 0.571. The number of allylic oxidation sites excluding steroid dienone is 1. The molecule has 2 heteroatoms. The van der Waals surface area contributed by atoms with E-state index in [1.54, 1.807) is 6.92 Å². The average molecular weight is 127 g/mol. The number of nitrogens with two attached hydrogens (primary N) is 1. The number of ketones is 1. The van der Waals surface area contributed by atoms with E-state index in [0.717, 1.165) is 0 Å². The molecule has 0 saturated heterocycles. The van der Waals surface area contributed by atoms with Crippen molar-refractivity contribution in [2.24, 2.45) is 11.7 Å². The van der Waals surface area contributed by atoms with E-state index in [9.17, 15) is 4.79 Å². The number of hydrogen-bond donors (Lipinski definition) is 1. The molecule has 0 aliphatic carbocycles. The van der Waals surface area contributed by atoms with Crippen LogP contribution in [0.2, 0.25) is 0 Å². The van der Waals surface area contributed by atoms with Gasteiger partial charge >= 0.3 is 0 Å². The maximum atomic E-state index is 10.9. The zero-order valence-electron chi connectivity index (χ0n) is 6.14. The molecule has 0 fully saturated rings. The summed E-state index contributed by atoms with van der Waals surface area (Å²) in [6.07, 6.45) is 1.35. The molecule has 0 atom stereocenters. The van der Waals surface area contributed by atoms with Crippen molar-refractivity contribution in [3.05, 3.63) is 11.8 Å². The van der Waals surface area contributed by atoms with Gasteiger partial charge < -0.3 is 5.73 Å². The van der Waals surface area contributed by atoms with Crippen molar-refractivity contribution in [1.29, 1.82) is 0 Å². The van der Waals surface area contributed by atoms with Gasteiger partial charge in [0.25, 0.3) is 0 Å². The molecular formula is C7H13NO. The van der Waals surface area contributed by atoms with Crippen molar-refractivity contribution >= 4 is 5.78 Å². The Kier molecular flexibility index (Phi) is 2.99. The summed E-state index contributed by atoms with van der Waals surface area (Å²) in [5.41, 5.74) is 5.77. The van der Waals surface area contributed by atoms with Gasteiger partial charge in [0, 0.05) is 17.7 Å². The lowest BCUT2D eigenvalue weighted by Gasteiger charge is -2.01. The molecule has 0 aromatic carbocycles. The van der Waals surface area contributed by atoms with Crippen LogP contribution in [-0.4, -0.2) is 5.78 Å². The number of Topliss-reactive ketones (excluding diaryl/α,β-unsaturated/α-hetero) is 1. The van der Waals surface area contributed by atoms with E-state index in [-0.39, 0.29) is 11.7 Å². The predicted octanol–water partition coefficient (Wildman–Crippen LogP) is 1.07. The molecule has 0 aliphatic rings. The Hall–Kier alpha value is -0.790. The third-order valence-electron chi connectivity index (χ3n) is 1.16. The summed E-state index contributed by atoms with van der Waals surface area (Å²) in [6.45, 7) is 5.44. The summed E-state index contributed by atoms with van der Waals surface area (Å²) in [6, 6.07) is 0. The lowest BCUT2D eigenvalue weighted by atomic mass is 10.0. The molecule has 0 radical (unpaired) electrons. The van der Waals surface area contributed by atoms with Crippen molar-refractivity contribution in [2.75, 3.05) is 0 Å². The van der Waals surface area contributed by atoms with Crippen molar-refractivity contribution in [3.8, 4) is 0 Å². The minimum atomic E-state index is 0.0600. The van der Waals surface area contributed by atoms with Gasteiger partial charge in [0.15, 0.2) is 5.78 Å². The van der Waals surface area contributed by atoms with E-state index in [0.29, 0.717) is 5.57 Å².